The Balaban J connectivity index is 0.00000400. The van der Waals surface area contributed by atoms with Gasteiger partial charge in [0.05, 0.1) is 13.2 Å². The van der Waals surface area contributed by atoms with Gasteiger partial charge in [0.1, 0.15) is 0 Å². The van der Waals surface area contributed by atoms with E-state index in [0.717, 1.165) is 0 Å². The van der Waals surface area contributed by atoms with Crippen LogP contribution in [0.4, 0.5) is 5.69 Å². The fourth-order valence-corrected chi connectivity index (χ4v) is 1.57. The number of carbonyl (C=O) groups excluding carboxylic acids is 2. The van der Waals surface area contributed by atoms with E-state index in [0.29, 0.717) is 24.4 Å². The van der Waals surface area contributed by atoms with Crippen LogP contribution in [-0.2, 0) is 9.53 Å². The highest BCUT2D eigenvalue weighted by Crippen LogP contribution is 2.11. The van der Waals surface area contributed by atoms with Crippen LogP contribution in [0.15, 0.2) is 24.3 Å². The minimum atomic E-state index is -0.157. The van der Waals surface area contributed by atoms with Gasteiger partial charge in [-0.1, -0.05) is 6.07 Å². The monoisotopic (exact) mass is 315 g/mol. The summed E-state index contributed by atoms with van der Waals surface area (Å²) in [7, 11) is 4.98. The Morgan fingerprint density at radius 2 is 2.00 bits per heavy atom. The molecule has 0 aliphatic rings. The molecule has 1 aromatic carbocycles. The highest BCUT2D eigenvalue weighted by Gasteiger charge is 2.09. The summed E-state index contributed by atoms with van der Waals surface area (Å²) >= 11 is 0. The van der Waals surface area contributed by atoms with Crippen molar-refractivity contribution in [2.75, 3.05) is 46.2 Å². The van der Waals surface area contributed by atoms with Crippen LogP contribution in [0, 0.1) is 0 Å². The Morgan fingerprint density at radius 3 is 2.62 bits per heavy atom. The number of nitrogens with one attached hydrogen (secondary N) is 2. The number of carbonyl (C=O) groups is 2. The van der Waals surface area contributed by atoms with Gasteiger partial charge in [-0.25, -0.2) is 0 Å². The molecule has 21 heavy (non-hydrogen) atoms. The molecule has 0 atom stereocenters. The lowest BCUT2D eigenvalue weighted by Gasteiger charge is -2.12. The van der Waals surface area contributed by atoms with Crippen LogP contribution in [0.3, 0.4) is 0 Å². The lowest BCUT2D eigenvalue weighted by atomic mass is 10.2. The van der Waals surface area contributed by atoms with Crippen LogP contribution in [0.1, 0.15) is 10.4 Å². The van der Waals surface area contributed by atoms with Crippen molar-refractivity contribution in [3.8, 4) is 0 Å². The molecule has 6 nitrogen and oxygen atoms in total. The molecular formula is C14H22ClN3O3. The first-order valence-electron chi connectivity index (χ1n) is 6.36. The van der Waals surface area contributed by atoms with Crippen molar-refractivity contribution in [3.05, 3.63) is 29.8 Å². The first-order valence-corrected chi connectivity index (χ1v) is 6.36. The SMILES string of the molecule is COCCNCC(=O)Nc1cccc(C(=O)N(C)C)c1.Cl. The normalized spacial score (nSPS) is 9.67. The van der Waals surface area contributed by atoms with Crippen LogP contribution >= 0.6 is 12.4 Å². The van der Waals surface area contributed by atoms with E-state index >= 15 is 0 Å². The average molecular weight is 316 g/mol. The second kappa shape index (κ2) is 10.1. The van der Waals surface area contributed by atoms with Crippen molar-refractivity contribution < 1.29 is 14.3 Å². The molecule has 2 N–H and O–H groups in total. The minimum Gasteiger partial charge on any atom is -0.383 e. The predicted molar refractivity (Wildman–Crippen MR) is 85.1 cm³/mol. The predicted octanol–water partition coefficient (Wildman–Crippen LogP) is 0.985. The van der Waals surface area contributed by atoms with Gasteiger partial charge in [0.25, 0.3) is 5.91 Å². The van der Waals surface area contributed by atoms with Crippen molar-refractivity contribution in [2.45, 2.75) is 0 Å². The number of ether oxygens (including phenoxy) is 1. The van der Waals surface area contributed by atoms with Crippen molar-refractivity contribution >= 4 is 29.9 Å². The molecule has 7 heteroatoms. The zero-order valence-corrected chi connectivity index (χ0v) is 13.3. The molecule has 0 fully saturated rings. The van der Waals surface area contributed by atoms with Gasteiger partial charge in [-0.15, -0.1) is 12.4 Å². The van der Waals surface area contributed by atoms with Crippen LogP contribution in [0.25, 0.3) is 0 Å². The van der Waals surface area contributed by atoms with E-state index in [-0.39, 0.29) is 30.8 Å². The van der Waals surface area contributed by atoms with Crippen LogP contribution < -0.4 is 10.6 Å². The maximum atomic E-state index is 11.8. The molecule has 1 rings (SSSR count). The molecule has 1 aromatic rings. The first kappa shape index (κ1) is 19.4. The molecule has 0 saturated heterocycles. The highest BCUT2D eigenvalue weighted by atomic mass is 35.5. The maximum Gasteiger partial charge on any atom is 0.253 e. The van der Waals surface area contributed by atoms with Gasteiger partial charge in [-0.05, 0) is 18.2 Å². The third-order valence-corrected chi connectivity index (χ3v) is 2.57. The van der Waals surface area contributed by atoms with Crippen LogP contribution in [0.5, 0.6) is 0 Å². The van der Waals surface area contributed by atoms with Crippen molar-refractivity contribution in [2.24, 2.45) is 0 Å². The molecule has 0 spiro atoms. The van der Waals surface area contributed by atoms with E-state index in [1.807, 2.05) is 0 Å². The van der Waals surface area contributed by atoms with Crippen LogP contribution in [0.2, 0.25) is 0 Å². The molecule has 118 valence electrons. The van der Waals surface area contributed by atoms with E-state index < -0.39 is 0 Å². The van der Waals surface area contributed by atoms with Crippen molar-refractivity contribution in [1.82, 2.24) is 10.2 Å². The lowest BCUT2D eigenvalue weighted by molar-refractivity contribution is -0.115. The fourth-order valence-electron chi connectivity index (χ4n) is 1.57. The van der Waals surface area contributed by atoms with Gasteiger partial charge in [-0.3, -0.25) is 9.59 Å². The number of hydrogen-bond donors (Lipinski definition) is 2. The zero-order valence-electron chi connectivity index (χ0n) is 12.5. The molecule has 0 bridgehead atoms. The molecule has 0 aromatic heterocycles. The standard InChI is InChI=1S/C14H21N3O3.ClH/c1-17(2)14(19)11-5-4-6-12(9-11)16-13(18)10-15-7-8-20-3;/h4-6,9,15H,7-8,10H2,1-3H3,(H,16,18);1H. The van der Waals surface area contributed by atoms with Gasteiger partial charge in [0.2, 0.25) is 5.91 Å². The van der Waals surface area contributed by atoms with Crippen molar-refractivity contribution in [1.29, 1.82) is 0 Å². The Hall–Kier alpha value is -1.63. The Bertz CT molecular complexity index is 467. The summed E-state index contributed by atoms with van der Waals surface area (Å²) in [6.07, 6.45) is 0. The number of rotatable bonds is 7. The third kappa shape index (κ3) is 7.08. The number of amides is 2. The fraction of sp³-hybridized carbons (Fsp3) is 0.429. The molecular weight excluding hydrogens is 294 g/mol. The van der Waals surface area contributed by atoms with Crippen molar-refractivity contribution in [3.63, 3.8) is 0 Å². The first-order chi connectivity index (χ1) is 9.54. The highest BCUT2D eigenvalue weighted by molar-refractivity contribution is 5.97. The summed E-state index contributed by atoms with van der Waals surface area (Å²) in [6, 6.07) is 6.87. The van der Waals surface area contributed by atoms with E-state index in [1.165, 1.54) is 4.90 Å². The summed E-state index contributed by atoms with van der Waals surface area (Å²) in [4.78, 5) is 25.0. The molecule has 0 aliphatic heterocycles. The molecule has 0 radical (unpaired) electrons. The average Bonchev–Trinajstić information content (AvgIpc) is 2.43. The van der Waals surface area contributed by atoms with E-state index in [2.05, 4.69) is 10.6 Å². The molecule has 0 saturated carbocycles. The van der Waals surface area contributed by atoms with Gasteiger partial charge < -0.3 is 20.3 Å². The smallest absolute Gasteiger partial charge is 0.253 e. The molecule has 2 amide bonds. The summed E-state index contributed by atoms with van der Waals surface area (Å²) in [6.45, 7) is 1.37. The zero-order chi connectivity index (χ0) is 15.0. The van der Waals surface area contributed by atoms with E-state index in [1.54, 1.807) is 45.5 Å². The number of anilines is 1. The number of benzene rings is 1. The van der Waals surface area contributed by atoms with Gasteiger partial charge in [0, 0.05) is 39.0 Å². The van der Waals surface area contributed by atoms with Gasteiger partial charge in [0.15, 0.2) is 0 Å². The number of methoxy groups -OCH3 is 1. The topological polar surface area (TPSA) is 70.7 Å². The summed E-state index contributed by atoms with van der Waals surface area (Å²) in [5.74, 6) is -0.255. The Kier molecular flexibility index (Phi) is 9.36. The minimum absolute atomic E-state index is 0. The Morgan fingerprint density at radius 1 is 1.29 bits per heavy atom. The molecule has 0 aliphatic carbocycles. The molecule has 0 heterocycles. The number of nitrogens with zero attached hydrogens (tertiary/aromatic N) is 1. The van der Waals surface area contributed by atoms with E-state index in [4.69, 9.17) is 4.74 Å². The van der Waals surface area contributed by atoms with Crippen LogP contribution in [-0.4, -0.2) is 57.6 Å². The second-order valence-electron chi connectivity index (χ2n) is 4.50. The lowest BCUT2D eigenvalue weighted by Crippen LogP contribution is -2.30. The summed E-state index contributed by atoms with van der Waals surface area (Å²) < 4.78 is 4.87. The maximum absolute atomic E-state index is 11.8. The van der Waals surface area contributed by atoms with Gasteiger partial charge >= 0.3 is 0 Å². The number of halogens is 1. The number of hydrogen-bond acceptors (Lipinski definition) is 4. The summed E-state index contributed by atoms with van der Waals surface area (Å²) in [5.41, 5.74) is 1.15. The largest absolute Gasteiger partial charge is 0.383 e. The summed E-state index contributed by atoms with van der Waals surface area (Å²) in [5, 5.41) is 5.69. The second-order valence-corrected chi connectivity index (χ2v) is 4.50. The van der Waals surface area contributed by atoms with Gasteiger partial charge in [-0.2, -0.15) is 0 Å². The van der Waals surface area contributed by atoms with E-state index in [9.17, 15) is 9.59 Å². The molecule has 0 unspecified atom stereocenters. The Labute approximate surface area is 131 Å². The quantitative estimate of drug-likeness (QED) is 0.736. The third-order valence-electron chi connectivity index (χ3n) is 2.57.